The molecule has 0 N–H and O–H groups in total. The van der Waals surface area contributed by atoms with Crippen LogP contribution in [0.25, 0.3) is 0 Å². The molecule has 0 aliphatic carbocycles. The standard InChI is InChI=1S/C14H22O2/c1-4-12(5-2)13-7-6-8-14(11-13)16-10-9-15-3/h6-8,11-12H,4-5,9-10H2,1-3H3. The zero-order valence-electron chi connectivity index (χ0n) is 10.5. The third-order valence-corrected chi connectivity index (χ3v) is 2.87. The molecule has 1 aromatic carbocycles. The van der Waals surface area contributed by atoms with Crippen molar-refractivity contribution < 1.29 is 9.47 Å². The average Bonchev–Trinajstić information content (AvgIpc) is 2.32. The highest BCUT2D eigenvalue weighted by Crippen LogP contribution is 2.25. The molecule has 2 nitrogen and oxygen atoms in total. The average molecular weight is 222 g/mol. The van der Waals surface area contributed by atoms with Gasteiger partial charge in [0.1, 0.15) is 12.4 Å². The second kappa shape index (κ2) is 7.29. The molecule has 0 aliphatic rings. The van der Waals surface area contributed by atoms with E-state index in [9.17, 15) is 0 Å². The monoisotopic (exact) mass is 222 g/mol. The molecule has 0 spiro atoms. The Bertz CT molecular complexity index is 293. The Morgan fingerprint density at radius 1 is 1.12 bits per heavy atom. The summed E-state index contributed by atoms with van der Waals surface area (Å²) in [5.74, 6) is 1.59. The fraction of sp³-hybridized carbons (Fsp3) is 0.571. The van der Waals surface area contributed by atoms with Crippen molar-refractivity contribution in [2.45, 2.75) is 32.6 Å². The van der Waals surface area contributed by atoms with Crippen molar-refractivity contribution in [1.29, 1.82) is 0 Å². The molecule has 1 aromatic rings. The molecule has 0 saturated carbocycles. The van der Waals surface area contributed by atoms with Crippen LogP contribution in [0.3, 0.4) is 0 Å². The number of ether oxygens (including phenoxy) is 2. The third-order valence-electron chi connectivity index (χ3n) is 2.87. The summed E-state index contributed by atoms with van der Waals surface area (Å²) in [5.41, 5.74) is 1.37. The maximum absolute atomic E-state index is 5.60. The molecule has 0 fully saturated rings. The van der Waals surface area contributed by atoms with Gasteiger partial charge in [0.25, 0.3) is 0 Å². The molecule has 16 heavy (non-hydrogen) atoms. The van der Waals surface area contributed by atoms with E-state index in [2.05, 4.69) is 32.0 Å². The number of benzene rings is 1. The Morgan fingerprint density at radius 3 is 2.50 bits per heavy atom. The van der Waals surface area contributed by atoms with Gasteiger partial charge in [-0.25, -0.2) is 0 Å². The predicted molar refractivity (Wildman–Crippen MR) is 67.1 cm³/mol. The summed E-state index contributed by atoms with van der Waals surface area (Å²) in [6, 6.07) is 8.39. The quantitative estimate of drug-likeness (QED) is 0.656. The van der Waals surface area contributed by atoms with Crippen LogP contribution in [0.2, 0.25) is 0 Å². The summed E-state index contributed by atoms with van der Waals surface area (Å²) in [4.78, 5) is 0. The Kier molecular flexibility index (Phi) is 5.94. The first-order valence-corrected chi connectivity index (χ1v) is 6.03. The van der Waals surface area contributed by atoms with Crippen LogP contribution >= 0.6 is 0 Å². The SMILES string of the molecule is CCC(CC)c1cccc(OCCOC)c1. The van der Waals surface area contributed by atoms with Crippen LogP contribution in [0.5, 0.6) is 5.75 Å². The van der Waals surface area contributed by atoms with Crippen molar-refractivity contribution in [2.24, 2.45) is 0 Å². The van der Waals surface area contributed by atoms with E-state index in [1.807, 2.05) is 6.07 Å². The Labute approximate surface area is 98.6 Å². The minimum atomic E-state index is 0.614. The summed E-state index contributed by atoms with van der Waals surface area (Å²) in [5, 5.41) is 0. The molecule has 0 aromatic heterocycles. The molecule has 0 aliphatic heterocycles. The van der Waals surface area contributed by atoms with Crippen molar-refractivity contribution >= 4 is 0 Å². The molecule has 0 bridgehead atoms. The zero-order valence-corrected chi connectivity index (χ0v) is 10.5. The minimum Gasteiger partial charge on any atom is -0.491 e. The highest BCUT2D eigenvalue weighted by atomic mass is 16.5. The summed E-state index contributed by atoms with van der Waals surface area (Å²) in [6.07, 6.45) is 2.36. The van der Waals surface area contributed by atoms with Crippen LogP contribution < -0.4 is 4.74 Å². The number of rotatable bonds is 7. The van der Waals surface area contributed by atoms with Gasteiger partial charge in [-0.1, -0.05) is 26.0 Å². The summed E-state index contributed by atoms with van der Waals surface area (Å²) < 4.78 is 10.6. The molecule has 90 valence electrons. The van der Waals surface area contributed by atoms with E-state index in [1.165, 1.54) is 18.4 Å². The van der Waals surface area contributed by atoms with Gasteiger partial charge in [0.05, 0.1) is 6.61 Å². The van der Waals surface area contributed by atoms with Gasteiger partial charge in [-0.05, 0) is 36.5 Å². The molecule has 0 unspecified atom stereocenters. The van der Waals surface area contributed by atoms with Crippen LogP contribution in [0.15, 0.2) is 24.3 Å². The molecule has 2 heteroatoms. The van der Waals surface area contributed by atoms with Crippen molar-refractivity contribution in [3.63, 3.8) is 0 Å². The first kappa shape index (κ1) is 13.0. The molecule has 0 saturated heterocycles. The van der Waals surface area contributed by atoms with Crippen LogP contribution in [0.1, 0.15) is 38.2 Å². The van der Waals surface area contributed by atoms with E-state index in [0.29, 0.717) is 19.1 Å². The Hall–Kier alpha value is -1.02. The topological polar surface area (TPSA) is 18.5 Å². The van der Waals surface area contributed by atoms with Crippen LogP contribution in [0.4, 0.5) is 0 Å². The van der Waals surface area contributed by atoms with Crippen molar-refractivity contribution in [1.82, 2.24) is 0 Å². The van der Waals surface area contributed by atoms with Gasteiger partial charge in [-0.2, -0.15) is 0 Å². The maximum atomic E-state index is 5.60. The van der Waals surface area contributed by atoms with E-state index < -0.39 is 0 Å². The lowest BCUT2D eigenvalue weighted by Gasteiger charge is -2.14. The number of hydrogen-bond donors (Lipinski definition) is 0. The molecule has 1 rings (SSSR count). The number of methoxy groups -OCH3 is 1. The fourth-order valence-electron chi connectivity index (χ4n) is 1.86. The van der Waals surface area contributed by atoms with Gasteiger partial charge in [0, 0.05) is 7.11 Å². The Balaban J connectivity index is 2.62. The van der Waals surface area contributed by atoms with E-state index >= 15 is 0 Å². The second-order valence-electron chi connectivity index (χ2n) is 3.93. The molecule has 0 amide bonds. The summed E-state index contributed by atoms with van der Waals surface area (Å²) >= 11 is 0. The van der Waals surface area contributed by atoms with Gasteiger partial charge < -0.3 is 9.47 Å². The largest absolute Gasteiger partial charge is 0.491 e. The van der Waals surface area contributed by atoms with Gasteiger partial charge in [-0.15, -0.1) is 0 Å². The van der Waals surface area contributed by atoms with Crippen molar-refractivity contribution in [3.8, 4) is 5.75 Å². The van der Waals surface area contributed by atoms with Gasteiger partial charge >= 0.3 is 0 Å². The predicted octanol–water partition coefficient (Wildman–Crippen LogP) is 3.62. The lowest BCUT2D eigenvalue weighted by molar-refractivity contribution is 0.146. The van der Waals surface area contributed by atoms with E-state index in [4.69, 9.17) is 9.47 Å². The number of hydrogen-bond acceptors (Lipinski definition) is 2. The van der Waals surface area contributed by atoms with Gasteiger partial charge in [0.2, 0.25) is 0 Å². The molecular weight excluding hydrogens is 200 g/mol. The minimum absolute atomic E-state index is 0.614. The smallest absolute Gasteiger partial charge is 0.119 e. The molecule has 0 heterocycles. The van der Waals surface area contributed by atoms with E-state index in [0.717, 1.165) is 5.75 Å². The van der Waals surface area contributed by atoms with E-state index in [-0.39, 0.29) is 0 Å². The third kappa shape index (κ3) is 3.86. The summed E-state index contributed by atoms with van der Waals surface area (Å²) in [6.45, 7) is 5.71. The van der Waals surface area contributed by atoms with E-state index in [1.54, 1.807) is 7.11 Å². The van der Waals surface area contributed by atoms with Crippen LogP contribution in [-0.2, 0) is 4.74 Å². The lowest BCUT2D eigenvalue weighted by Crippen LogP contribution is -2.04. The van der Waals surface area contributed by atoms with Crippen LogP contribution in [0, 0.1) is 0 Å². The van der Waals surface area contributed by atoms with Crippen LogP contribution in [-0.4, -0.2) is 20.3 Å². The first-order chi connectivity index (χ1) is 7.81. The van der Waals surface area contributed by atoms with Crippen molar-refractivity contribution in [2.75, 3.05) is 20.3 Å². The fourth-order valence-corrected chi connectivity index (χ4v) is 1.86. The van der Waals surface area contributed by atoms with Gasteiger partial charge in [0.15, 0.2) is 0 Å². The second-order valence-corrected chi connectivity index (χ2v) is 3.93. The summed E-state index contributed by atoms with van der Waals surface area (Å²) in [7, 11) is 1.68. The first-order valence-electron chi connectivity index (χ1n) is 6.03. The Morgan fingerprint density at radius 2 is 1.88 bits per heavy atom. The molecule has 0 radical (unpaired) electrons. The lowest BCUT2D eigenvalue weighted by atomic mass is 9.94. The molecular formula is C14H22O2. The normalized spacial score (nSPS) is 10.8. The molecule has 0 atom stereocenters. The highest BCUT2D eigenvalue weighted by molar-refractivity contribution is 5.30. The highest BCUT2D eigenvalue weighted by Gasteiger charge is 2.07. The zero-order chi connectivity index (χ0) is 11.8. The van der Waals surface area contributed by atoms with Gasteiger partial charge in [-0.3, -0.25) is 0 Å². The maximum Gasteiger partial charge on any atom is 0.119 e. The van der Waals surface area contributed by atoms with Crippen molar-refractivity contribution in [3.05, 3.63) is 29.8 Å².